The van der Waals surface area contributed by atoms with E-state index in [0.29, 0.717) is 42.4 Å². The molecule has 1 aliphatic heterocycles. The van der Waals surface area contributed by atoms with Crippen LogP contribution in [0.25, 0.3) is 0 Å². The first kappa shape index (κ1) is 24.6. The lowest BCUT2D eigenvalue weighted by molar-refractivity contribution is -0.134. The van der Waals surface area contributed by atoms with Crippen LogP contribution in [0.5, 0.6) is 17.2 Å². The van der Waals surface area contributed by atoms with E-state index >= 15 is 0 Å². The summed E-state index contributed by atoms with van der Waals surface area (Å²) in [5.74, 6) is 1.57. The van der Waals surface area contributed by atoms with Crippen molar-refractivity contribution in [1.29, 1.82) is 0 Å². The van der Waals surface area contributed by atoms with Crippen molar-refractivity contribution in [2.45, 2.75) is 25.8 Å². The number of hydrogen-bond donors (Lipinski definition) is 0. The van der Waals surface area contributed by atoms with Gasteiger partial charge in [-0.3, -0.25) is 4.79 Å². The van der Waals surface area contributed by atoms with E-state index in [2.05, 4.69) is 0 Å². The number of methoxy groups -OCH3 is 2. The lowest BCUT2D eigenvalue weighted by Crippen LogP contribution is -2.43. The minimum absolute atomic E-state index is 0.0548. The number of nitrogens with zero attached hydrogens (tertiary/aromatic N) is 1. The highest BCUT2D eigenvalue weighted by atomic mass is 32.1. The van der Waals surface area contributed by atoms with Crippen molar-refractivity contribution in [2.75, 3.05) is 34.0 Å². The highest BCUT2D eigenvalue weighted by molar-refractivity contribution is 7.10. The average Bonchev–Trinajstić information content (AvgIpc) is 3.39. The minimum atomic E-state index is -0.369. The van der Waals surface area contributed by atoms with Crippen molar-refractivity contribution in [3.63, 3.8) is 0 Å². The van der Waals surface area contributed by atoms with Gasteiger partial charge in [0.2, 0.25) is 5.91 Å². The molecule has 1 aliphatic rings. The van der Waals surface area contributed by atoms with Gasteiger partial charge in [0, 0.05) is 11.4 Å². The first-order valence-electron chi connectivity index (χ1n) is 11.5. The first-order valence-corrected chi connectivity index (χ1v) is 12.4. The summed E-state index contributed by atoms with van der Waals surface area (Å²) in [6.07, 6.45) is 1.07. The van der Waals surface area contributed by atoms with Crippen molar-refractivity contribution in [3.05, 3.63) is 75.5 Å². The van der Waals surface area contributed by atoms with E-state index in [0.717, 1.165) is 22.4 Å². The molecule has 3 aromatic rings. The number of esters is 1. The third kappa shape index (κ3) is 5.59. The van der Waals surface area contributed by atoms with E-state index in [4.69, 9.17) is 18.9 Å². The molecule has 1 amide bonds. The number of thiophene rings is 1. The minimum Gasteiger partial charge on any atom is -0.493 e. The molecular weight excluding hydrogens is 466 g/mol. The second-order valence-corrected chi connectivity index (χ2v) is 9.10. The molecule has 0 aliphatic carbocycles. The van der Waals surface area contributed by atoms with E-state index in [-0.39, 0.29) is 24.5 Å². The number of rotatable bonds is 9. The lowest BCUT2D eigenvalue weighted by atomic mass is 9.91. The topological polar surface area (TPSA) is 74.3 Å². The molecule has 35 heavy (non-hydrogen) atoms. The third-order valence-corrected chi connectivity index (χ3v) is 6.88. The number of benzene rings is 2. The number of ether oxygens (including phenoxy) is 4. The fourth-order valence-corrected chi connectivity index (χ4v) is 4.94. The van der Waals surface area contributed by atoms with Crippen LogP contribution in [0.1, 0.15) is 39.3 Å². The van der Waals surface area contributed by atoms with Crippen LogP contribution >= 0.6 is 11.3 Å². The summed E-state index contributed by atoms with van der Waals surface area (Å²) in [7, 11) is 3.22. The SMILES string of the molecule is CCOC(=O)c1ccc(OCC2c3cc(OC)c(OC)cc3CCN2C(=O)Cc2cccs2)cc1. The zero-order valence-corrected chi connectivity index (χ0v) is 20.9. The van der Waals surface area contributed by atoms with Gasteiger partial charge in [-0.05, 0) is 72.3 Å². The maximum Gasteiger partial charge on any atom is 0.338 e. The molecule has 1 aromatic heterocycles. The van der Waals surface area contributed by atoms with E-state index in [9.17, 15) is 9.59 Å². The molecule has 0 saturated carbocycles. The molecule has 1 unspecified atom stereocenters. The van der Waals surface area contributed by atoms with Crippen LogP contribution in [-0.2, 0) is 22.4 Å². The highest BCUT2D eigenvalue weighted by Crippen LogP contribution is 2.38. The second kappa shape index (κ2) is 11.3. The maximum atomic E-state index is 13.3. The Bertz CT molecular complexity index is 1160. The highest BCUT2D eigenvalue weighted by Gasteiger charge is 2.33. The first-order chi connectivity index (χ1) is 17.0. The van der Waals surface area contributed by atoms with E-state index in [1.54, 1.807) is 56.7 Å². The lowest BCUT2D eigenvalue weighted by Gasteiger charge is -2.37. The summed E-state index contributed by atoms with van der Waals surface area (Å²) >= 11 is 1.58. The second-order valence-electron chi connectivity index (χ2n) is 8.07. The van der Waals surface area contributed by atoms with Crippen molar-refractivity contribution in [3.8, 4) is 17.2 Å². The standard InChI is InChI=1S/C27H29NO6S/c1-4-33-27(30)18-7-9-20(10-8-18)34-17-23-22-16-25(32-3)24(31-2)14-19(22)11-12-28(23)26(29)15-21-6-5-13-35-21/h5-10,13-14,16,23H,4,11-12,15,17H2,1-3H3. The molecule has 0 N–H and O–H groups in total. The van der Waals surface area contributed by atoms with Crippen LogP contribution in [0.2, 0.25) is 0 Å². The van der Waals surface area contributed by atoms with Crippen LogP contribution < -0.4 is 14.2 Å². The molecule has 7 nitrogen and oxygen atoms in total. The number of carbonyl (C=O) groups excluding carboxylic acids is 2. The van der Waals surface area contributed by atoms with E-state index < -0.39 is 0 Å². The molecule has 184 valence electrons. The fourth-order valence-electron chi connectivity index (χ4n) is 4.25. The Morgan fingerprint density at radius 2 is 1.80 bits per heavy atom. The molecule has 0 spiro atoms. The van der Waals surface area contributed by atoms with Crippen LogP contribution in [0.3, 0.4) is 0 Å². The fraction of sp³-hybridized carbons (Fsp3) is 0.333. The predicted octanol–water partition coefficient (Wildman–Crippen LogP) is 4.69. The van der Waals surface area contributed by atoms with Crippen LogP contribution in [0.15, 0.2) is 53.9 Å². The van der Waals surface area contributed by atoms with Gasteiger partial charge in [0.05, 0.1) is 38.9 Å². The molecule has 0 saturated heterocycles. The molecule has 0 fully saturated rings. The molecule has 2 aromatic carbocycles. The summed E-state index contributed by atoms with van der Waals surface area (Å²) < 4.78 is 22.2. The van der Waals surface area contributed by atoms with Gasteiger partial charge in [0.15, 0.2) is 11.5 Å². The Morgan fingerprint density at radius 3 is 2.46 bits per heavy atom. The van der Waals surface area contributed by atoms with Crippen LogP contribution in [0, 0.1) is 0 Å². The summed E-state index contributed by atoms with van der Waals surface area (Å²) in [6.45, 7) is 2.94. The van der Waals surface area contributed by atoms with E-state index in [1.807, 2.05) is 34.5 Å². The number of carbonyl (C=O) groups is 2. The third-order valence-electron chi connectivity index (χ3n) is 6.00. The zero-order chi connectivity index (χ0) is 24.8. The normalized spacial score (nSPS) is 14.7. The van der Waals surface area contributed by atoms with Gasteiger partial charge in [-0.2, -0.15) is 0 Å². The molecule has 2 heterocycles. The Kier molecular flexibility index (Phi) is 7.92. The van der Waals surface area contributed by atoms with Gasteiger partial charge in [-0.15, -0.1) is 11.3 Å². The summed E-state index contributed by atoms with van der Waals surface area (Å²) in [5.41, 5.74) is 2.55. The largest absolute Gasteiger partial charge is 0.493 e. The van der Waals surface area contributed by atoms with Gasteiger partial charge in [0.1, 0.15) is 12.4 Å². The monoisotopic (exact) mass is 495 g/mol. The van der Waals surface area contributed by atoms with Crippen molar-refractivity contribution in [2.24, 2.45) is 0 Å². The Morgan fingerprint density at radius 1 is 1.06 bits per heavy atom. The smallest absolute Gasteiger partial charge is 0.338 e. The molecule has 1 atom stereocenters. The van der Waals surface area contributed by atoms with Crippen LogP contribution in [-0.4, -0.2) is 50.8 Å². The summed E-state index contributed by atoms with van der Waals surface area (Å²) in [4.78, 5) is 28.2. The molecule has 4 rings (SSSR count). The van der Waals surface area contributed by atoms with Gasteiger partial charge >= 0.3 is 5.97 Å². The predicted molar refractivity (Wildman–Crippen MR) is 134 cm³/mol. The Labute approximate surface area is 209 Å². The number of fused-ring (bicyclic) bond motifs is 1. The maximum absolute atomic E-state index is 13.3. The molecule has 8 heteroatoms. The van der Waals surface area contributed by atoms with E-state index in [1.165, 1.54) is 0 Å². The van der Waals surface area contributed by atoms with Gasteiger partial charge < -0.3 is 23.8 Å². The average molecular weight is 496 g/mol. The molecular formula is C27H29NO6S. The van der Waals surface area contributed by atoms with Gasteiger partial charge in [0.25, 0.3) is 0 Å². The summed E-state index contributed by atoms with van der Waals surface area (Å²) in [5, 5.41) is 1.98. The van der Waals surface area contributed by atoms with Gasteiger partial charge in [-0.25, -0.2) is 4.79 Å². The summed E-state index contributed by atoms with van der Waals surface area (Å²) in [6, 6.07) is 14.4. The zero-order valence-electron chi connectivity index (χ0n) is 20.1. The molecule has 0 bridgehead atoms. The van der Waals surface area contributed by atoms with Crippen molar-refractivity contribution >= 4 is 23.2 Å². The number of hydrogen-bond acceptors (Lipinski definition) is 7. The Balaban J connectivity index is 1.59. The quantitative estimate of drug-likeness (QED) is 0.401. The van der Waals surface area contributed by atoms with Crippen molar-refractivity contribution < 1.29 is 28.5 Å². The van der Waals surface area contributed by atoms with Gasteiger partial charge in [-0.1, -0.05) is 6.07 Å². The van der Waals surface area contributed by atoms with Crippen molar-refractivity contribution in [1.82, 2.24) is 4.90 Å². The molecule has 0 radical (unpaired) electrons. The Hall–Kier alpha value is -3.52. The van der Waals surface area contributed by atoms with Crippen LogP contribution in [0.4, 0.5) is 0 Å². The number of amides is 1.